The van der Waals surface area contributed by atoms with Crippen LogP contribution in [0.25, 0.3) is 10.8 Å². The smallest absolute Gasteiger partial charge is 0.338 e. The Hall–Kier alpha value is -3.92. The third-order valence-electron chi connectivity index (χ3n) is 4.89. The molecule has 0 atom stereocenters. The maximum atomic E-state index is 12.6. The molecule has 1 N–H and O–H groups in total. The molecule has 0 heterocycles. The number of fused-ring (bicyclic) bond motifs is 1. The van der Waals surface area contributed by atoms with E-state index in [-0.39, 0.29) is 18.6 Å². The Morgan fingerprint density at radius 1 is 0.700 bits per heavy atom. The van der Waals surface area contributed by atoms with E-state index in [0.717, 1.165) is 21.9 Å². The highest BCUT2D eigenvalue weighted by Crippen LogP contribution is 2.21. The first kappa shape index (κ1) is 19.4. The van der Waals surface area contributed by atoms with Crippen molar-refractivity contribution < 1.29 is 14.3 Å². The van der Waals surface area contributed by atoms with Gasteiger partial charge in [0.2, 0.25) is 0 Å². The van der Waals surface area contributed by atoms with E-state index in [2.05, 4.69) is 5.32 Å². The van der Waals surface area contributed by atoms with E-state index in [1.165, 1.54) is 0 Å². The molecule has 1 amide bonds. The van der Waals surface area contributed by atoms with Crippen LogP contribution < -0.4 is 5.32 Å². The number of amides is 1. The summed E-state index contributed by atoms with van der Waals surface area (Å²) in [6.07, 6.45) is 0. The number of ether oxygens (including phenoxy) is 1. The minimum atomic E-state index is -0.521. The third kappa shape index (κ3) is 4.55. The highest BCUT2D eigenvalue weighted by molar-refractivity contribution is 5.96. The number of benzene rings is 4. The van der Waals surface area contributed by atoms with Crippen LogP contribution in [-0.2, 0) is 9.53 Å². The van der Waals surface area contributed by atoms with Crippen LogP contribution >= 0.6 is 0 Å². The van der Waals surface area contributed by atoms with Crippen LogP contribution in [0.1, 0.15) is 27.5 Å². The molecule has 0 aromatic heterocycles. The number of hydrogen-bond donors (Lipinski definition) is 1. The van der Waals surface area contributed by atoms with Gasteiger partial charge in [0.15, 0.2) is 6.61 Å². The number of rotatable bonds is 6. The lowest BCUT2D eigenvalue weighted by Gasteiger charge is -2.20. The van der Waals surface area contributed by atoms with Gasteiger partial charge in [-0.25, -0.2) is 4.79 Å². The molecule has 0 aliphatic heterocycles. The molecule has 4 aromatic carbocycles. The second-order valence-electron chi connectivity index (χ2n) is 6.96. The van der Waals surface area contributed by atoms with Crippen LogP contribution in [0.15, 0.2) is 103 Å². The topological polar surface area (TPSA) is 55.4 Å². The van der Waals surface area contributed by atoms with Gasteiger partial charge in [-0.15, -0.1) is 0 Å². The molecule has 4 heteroatoms. The fourth-order valence-electron chi connectivity index (χ4n) is 3.38. The molecule has 148 valence electrons. The van der Waals surface area contributed by atoms with Crippen molar-refractivity contribution in [2.75, 3.05) is 6.61 Å². The number of nitrogens with one attached hydrogen (secondary N) is 1. The molecule has 4 aromatic rings. The molecule has 0 aliphatic carbocycles. The first-order valence-electron chi connectivity index (χ1n) is 9.76. The van der Waals surface area contributed by atoms with E-state index in [1.807, 2.05) is 91.0 Å². The second kappa shape index (κ2) is 9.05. The maximum absolute atomic E-state index is 12.6. The molecule has 0 unspecified atom stereocenters. The molecule has 4 nitrogen and oxygen atoms in total. The van der Waals surface area contributed by atoms with E-state index < -0.39 is 5.97 Å². The van der Waals surface area contributed by atoms with E-state index >= 15 is 0 Å². The summed E-state index contributed by atoms with van der Waals surface area (Å²) >= 11 is 0. The summed E-state index contributed by atoms with van der Waals surface area (Å²) < 4.78 is 5.26. The van der Waals surface area contributed by atoms with Crippen molar-refractivity contribution in [3.63, 3.8) is 0 Å². The maximum Gasteiger partial charge on any atom is 0.338 e. The molecule has 0 radical (unpaired) electrons. The van der Waals surface area contributed by atoms with Crippen LogP contribution in [0.4, 0.5) is 0 Å². The summed E-state index contributed by atoms with van der Waals surface area (Å²) in [5, 5.41) is 4.96. The Morgan fingerprint density at radius 2 is 1.27 bits per heavy atom. The zero-order valence-corrected chi connectivity index (χ0v) is 16.3. The van der Waals surface area contributed by atoms with Gasteiger partial charge in [0.1, 0.15) is 0 Å². The quantitative estimate of drug-likeness (QED) is 0.472. The van der Waals surface area contributed by atoms with E-state index in [0.29, 0.717) is 5.56 Å². The summed E-state index contributed by atoms with van der Waals surface area (Å²) in [6, 6.07) is 32.2. The van der Waals surface area contributed by atoms with Gasteiger partial charge < -0.3 is 10.1 Å². The molecule has 0 aliphatic rings. The zero-order valence-electron chi connectivity index (χ0n) is 16.3. The van der Waals surface area contributed by atoms with Crippen LogP contribution in [-0.4, -0.2) is 18.5 Å². The van der Waals surface area contributed by atoms with Crippen molar-refractivity contribution in [2.24, 2.45) is 0 Å². The Morgan fingerprint density at radius 3 is 1.90 bits per heavy atom. The zero-order chi connectivity index (χ0) is 20.8. The van der Waals surface area contributed by atoms with Gasteiger partial charge >= 0.3 is 5.97 Å². The predicted octanol–water partition coefficient (Wildman–Crippen LogP) is 4.90. The monoisotopic (exact) mass is 395 g/mol. The fourth-order valence-corrected chi connectivity index (χ4v) is 3.38. The second-order valence-corrected chi connectivity index (χ2v) is 6.96. The minimum Gasteiger partial charge on any atom is -0.452 e. The highest BCUT2D eigenvalue weighted by Gasteiger charge is 2.18. The van der Waals surface area contributed by atoms with Crippen molar-refractivity contribution in [1.29, 1.82) is 0 Å². The summed E-state index contributed by atoms with van der Waals surface area (Å²) in [5.41, 5.74) is 2.33. The molecule has 30 heavy (non-hydrogen) atoms. The van der Waals surface area contributed by atoms with Crippen molar-refractivity contribution >= 4 is 22.6 Å². The Labute approximate surface area is 175 Å². The van der Waals surface area contributed by atoms with Gasteiger partial charge in [-0.05, 0) is 34.0 Å². The molecular formula is C26H21NO3. The Kier molecular flexibility index (Phi) is 5.85. The molecular weight excluding hydrogens is 374 g/mol. The first-order valence-corrected chi connectivity index (χ1v) is 9.76. The van der Waals surface area contributed by atoms with Crippen molar-refractivity contribution in [1.82, 2.24) is 5.32 Å². The fraction of sp³-hybridized carbons (Fsp3) is 0.0769. The lowest BCUT2D eigenvalue weighted by atomic mass is 9.99. The van der Waals surface area contributed by atoms with E-state index in [1.54, 1.807) is 12.1 Å². The van der Waals surface area contributed by atoms with Gasteiger partial charge in [-0.3, -0.25) is 4.79 Å². The minimum absolute atomic E-state index is 0.320. The van der Waals surface area contributed by atoms with Crippen LogP contribution in [0.2, 0.25) is 0 Å². The van der Waals surface area contributed by atoms with Gasteiger partial charge in [0.05, 0.1) is 11.6 Å². The average molecular weight is 395 g/mol. The summed E-state index contributed by atoms with van der Waals surface area (Å²) in [6.45, 7) is -0.345. The van der Waals surface area contributed by atoms with E-state index in [4.69, 9.17) is 4.74 Å². The molecule has 0 fully saturated rings. The SMILES string of the molecule is O=C(COC(=O)c1ccc2ccccc2c1)NC(c1ccccc1)c1ccccc1. The molecule has 0 saturated heterocycles. The third-order valence-corrected chi connectivity index (χ3v) is 4.89. The molecule has 0 saturated carbocycles. The van der Waals surface area contributed by atoms with E-state index in [9.17, 15) is 9.59 Å². The summed E-state index contributed by atoms with van der Waals surface area (Å²) in [7, 11) is 0. The average Bonchev–Trinajstić information content (AvgIpc) is 2.81. The summed E-state index contributed by atoms with van der Waals surface area (Å²) in [4.78, 5) is 25.0. The van der Waals surface area contributed by atoms with Gasteiger partial charge in [0.25, 0.3) is 5.91 Å². The van der Waals surface area contributed by atoms with Crippen molar-refractivity contribution in [3.05, 3.63) is 120 Å². The highest BCUT2D eigenvalue weighted by atomic mass is 16.5. The lowest BCUT2D eigenvalue weighted by molar-refractivity contribution is -0.124. The number of hydrogen-bond acceptors (Lipinski definition) is 3. The molecule has 0 spiro atoms. The number of carbonyl (C=O) groups excluding carboxylic acids is 2. The standard InChI is InChI=1S/C26H21NO3/c28-24(18-30-26(29)23-16-15-19-9-7-8-14-22(19)17-23)27-25(20-10-3-1-4-11-20)21-12-5-2-6-13-21/h1-17,25H,18H2,(H,27,28). The van der Waals surface area contributed by atoms with Crippen molar-refractivity contribution in [2.45, 2.75) is 6.04 Å². The van der Waals surface area contributed by atoms with Gasteiger partial charge in [-0.1, -0.05) is 91.0 Å². The van der Waals surface area contributed by atoms with Gasteiger partial charge in [-0.2, -0.15) is 0 Å². The number of esters is 1. The Bertz CT molecular complexity index is 1120. The first-order chi connectivity index (χ1) is 14.7. The summed E-state index contributed by atoms with van der Waals surface area (Å²) in [5.74, 6) is -0.881. The number of carbonyl (C=O) groups is 2. The predicted molar refractivity (Wildman–Crippen MR) is 117 cm³/mol. The largest absolute Gasteiger partial charge is 0.452 e. The van der Waals surface area contributed by atoms with Crippen LogP contribution in [0, 0.1) is 0 Å². The van der Waals surface area contributed by atoms with Gasteiger partial charge in [0, 0.05) is 0 Å². The normalized spacial score (nSPS) is 10.7. The molecule has 0 bridgehead atoms. The van der Waals surface area contributed by atoms with Crippen LogP contribution in [0.3, 0.4) is 0 Å². The van der Waals surface area contributed by atoms with Crippen molar-refractivity contribution in [3.8, 4) is 0 Å². The molecule has 4 rings (SSSR count). The Balaban J connectivity index is 1.43. The van der Waals surface area contributed by atoms with Crippen LogP contribution in [0.5, 0.6) is 0 Å². The lowest BCUT2D eigenvalue weighted by Crippen LogP contribution is -2.33.